The van der Waals surface area contributed by atoms with E-state index in [2.05, 4.69) is 15.3 Å². The number of hydrogen-bond acceptors (Lipinski definition) is 4. The molecular formula is C18H13ClFN3O2. The number of H-pyrrole nitrogens is 1. The third kappa shape index (κ3) is 2.96. The summed E-state index contributed by atoms with van der Waals surface area (Å²) in [5, 5.41) is 4.33. The molecule has 0 fully saturated rings. The van der Waals surface area contributed by atoms with Crippen molar-refractivity contribution in [3.63, 3.8) is 0 Å². The first kappa shape index (κ1) is 15.7. The molecule has 0 amide bonds. The Morgan fingerprint density at radius 3 is 2.96 bits per heavy atom. The van der Waals surface area contributed by atoms with Gasteiger partial charge in [0.1, 0.15) is 11.3 Å². The number of aryl methyl sites for hydroxylation is 1. The van der Waals surface area contributed by atoms with Gasteiger partial charge in [0.05, 0.1) is 5.69 Å². The van der Waals surface area contributed by atoms with Crippen molar-refractivity contribution in [2.75, 3.05) is 5.32 Å². The maximum absolute atomic E-state index is 14.2. The molecule has 0 spiro atoms. The van der Waals surface area contributed by atoms with Crippen molar-refractivity contribution in [1.29, 1.82) is 0 Å². The van der Waals surface area contributed by atoms with E-state index in [-0.39, 0.29) is 17.8 Å². The van der Waals surface area contributed by atoms with Gasteiger partial charge in [0.25, 0.3) is 5.56 Å². The minimum Gasteiger partial charge on any atom is -0.441 e. The van der Waals surface area contributed by atoms with Gasteiger partial charge < -0.3 is 14.7 Å². The number of rotatable bonds is 3. The van der Waals surface area contributed by atoms with Gasteiger partial charge in [-0.05, 0) is 30.3 Å². The lowest BCUT2D eigenvalue weighted by atomic mass is 10.1. The maximum atomic E-state index is 14.2. The van der Waals surface area contributed by atoms with Crippen LogP contribution in [0.15, 0.2) is 45.6 Å². The Bertz CT molecular complexity index is 1170. The third-order valence-corrected chi connectivity index (χ3v) is 4.17. The van der Waals surface area contributed by atoms with Crippen LogP contribution < -0.4 is 10.9 Å². The maximum Gasteiger partial charge on any atom is 0.253 e. The molecule has 2 heterocycles. The number of benzene rings is 2. The van der Waals surface area contributed by atoms with Gasteiger partial charge >= 0.3 is 0 Å². The second-order valence-corrected chi connectivity index (χ2v) is 6.18. The Hall–Kier alpha value is -2.86. The summed E-state index contributed by atoms with van der Waals surface area (Å²) in [5.74, 6) is -0.00156. The van der Waals surface area contributed by atoms with Crippen molar-refractivity contribution in [3.05, 3.63) is 69.0 Å². The van der Waals surface area contributed by atoms with E-state index in [1.807, 2.05) is 0 Å². The molecule has 0 atom stereocenters. The molecule has 0 saturated heterocycles. The lowest BCUT2D eigenvalue weighted by Gasteiger charge is -2.08. The number of pyridine rings is 1. The fourth-order valence-corrected chi connectivity index (χ4v) is 2.92. The molecule has 0 aliphatic heterocycles. The number of aromatic nitrogens is 2. The van der Waals surface area contributed by atoms with Gasteiger partial charge in [-0.15, -0.1) is 0 Å². The molecule has 2 aromatic heterocycles. The quantitative estimate of drug-likeness (QED) is 0.570. The van der Waals surface area contributed by atoms with Crippen molar-refractivity contribution >= 4 is 39.3 Å². The Morgan fingerprint density at radius 2 is 2.12 bits per heavy atom. The summed E-state index contributed by atoms with van der Waals surface area (Å²) in [7, 11) is 0. The summed E-state index contributed by atoms with van der Waals surface area (Å²) in [6.07, 6.45) is 0. The van der Waals surface area contributed by atoms with Gasteiger partial charge in [0, 0.05) is 41.0 Å². The van der Waals surface area contributed by atoms with Gasteiger partial charge in [-0.25, -0.2) is 9.37 Å². The third-order valence-electron chi connectivity index (χ3n) is 3.94. The Balaban J connectivity index is 1.66. The molecular weight excluding hydrogens is 345 g/mol. The summed E-state index contributed by atoms with van der Waals surface area (Å²) < 4.78 is 19.5. The van der Waals surface area contributed by atoms with E-state index < -0.39 is 5.82 Å². The van der Waals surface area contributed by atoms with E-state index in [0.717, 1.165) is 5.39 Å². The number of halogens is 2. The zero-order valence-electron chi connectivity index (χ0n) is 13.2. The van der Waals surface area contributed by atoms with Crippen LogP contribution in [0.4, 0.5) is 10.1 Å². The SMILES string of the molecule is Cc1nc2cc(NCc3cc4cc(Cl)ccc4[nH]c3=O)c(F)cc2o1. The van der Waals surface area contributed by atoms with Crippen LogP contribution in [0, 0.1) is 12.7 Å². The number of nitrogens with zero attached hydrogens (tertiary/aromatic N) is 1. The minimum atomic E-state index is -0.469. The standard InChI is InChI=1S/C18H13ClFN3O2/c1-9-22-16-7-15(13(20)6-17(16)25-9)21-8-11-4-10-5-12(19)2-3-14(10)23-18(11)24/h2-7,21H,8H2,1H3,(H,23,24). The molecule has 5 nitrogen and oxygen atoms in total. The van der Waals surface area contributed by atoms with Crippen LogP contribution in [0.3, 0.4) is 0 Å². The highest BCUT2D eigenvalue weighted by atomic mass is 35.5. The van der Waals surface area contributed by atoms with Gasteiger partial charge in [0.15, 0.2) is 11.5 Å². The van der Waals surface area contributed by atoms with Crippen LogP contribution in [0.5, 0.6) is 0 Å². The highest BCUT2D eigenvalue weighted by Crippen LogP contribution is 2.24. The average Bonchev–Trinajstić information content (AvgIpc) is 2.92. The van der Waals surface area contributed by atoms with Crippen LogP contribution in [0.2, 0.25) is 5.02 Å². The molecule has 2 N–H and O–H groups in total. The molecule has 4 aromatic rings. The molecule has 0 aliphatic carbocycles. The van der Waals surface area contributed by atoms with Crippen molar-refractivity contribution < 1.29 is 8.81 Å². The molecule has 0 bridgehead atoms. The molecule has 0 radical (unpaired) electrons. The molecule has 4 rings (SSSR count). The Labute approximate surface area is 146 Å². The summed E-state index contributed by atoms with van der Waals surface area (Å²) >= 11 is 5.99. The Morgan fingerprint density at radius 1 is 1.28 bits per heavy atom. The number of nitrogens with one attached hydrogen (secondary N) is 2. The molecule has 126 valence electrons. The van der Waals surface area contributed by atoms with Crippen LogP contribution >= 0.6 is 11.6 Å². The number of anilines is 1. The van der Waals surface area contributed by atoms with Crippen molar-refractivity contribution in [1.82, 2.24) is 9.97 Å². The lowest BCUT2D eigenvalue weighted by molar-refractivity contribution is 0.556. The topological polar surface area (TPSA) is 70.9 Å². The molecule has 7 heteroatoms. The highest BCUT2D eigenvalue weighted by molar-refractivity contribution is 6.31. The Kier molecular flexibility index (Phi) is 3.69. The predicted octanol–water partition coefficient (Wildman–Crippen LogP) is 4.38. The first-order chi connectivity index (χ1) is 12.0. The van der Waals surface area contributed by atoms with E-state index in [0.29, 0.717) is 33.1 Å². The first-order valence-electron chi connectivity index (χ1n) is 7.61. The summed E-state index contributed by atoms with van der Waals surface area (Å²) in [5.41, 5.74) is 2.14. The molecule has 0 unspecified atom stereocenters. The van der Waals surface area contributed by atoms with Gasteiger partial charge in [0.2, 0.25) is 0 Å². The van der Waals surface area contributed by atoms with Crippen molar-refractivity contribution in [2.24, 2.45) is 0 Å². The molecule has 25 heavy (non-hydrogen) atoms. The fourth-order valence-electron chi connectivity index (χ4n) is 2.74. The highest BCUT2D eigenvalue weighted by Gasteiger charge is 2.10. The minimum absolute atomic E-state index is 0.164. The zero-order chi connectivity index (χ0) is 17.6. The van der Waals surface area contributed by atoms with E-state index in [9.17, 15) is 9.18 Å². The smallest absolute Gasteiger partial charge is 0.253 e. The second kappa shape index (κ2) is 5.89. The van der Waals surface area contributed by atoms with Crippen LogP contribution in [0.25, 0.3) is 22.0 Å². The van der Waals surface area contributed by atoms with E-state index in [4.69, 9.17) is 16.0 Å². The van der Waals surface area contributed by atoms with Gasteiger partial charge in [-0.1, -0.05) is 11.6 Å². The zero-order valence-corrected chi connectivity index (χ0v) is 13.9. The monoisotopic (exact) mass is 357 g/mol. The van der Waals surface area contributed by atoms with Gasteiger partial charge in [-0.3, -0.25) is 4.79 Å². The normalized spacial score (nSPS) is 11.3. The van der Waals surface area contributed by atoms with Gasteiger partial charge in [-0.2, -0.15) is 0 Å². The van der Waals surface area contributed by atoms with Crippen molar-refractivity contribution in [3.8, 4) is 0 Å². The number of hydrogen-bond donors (Lipinski definition) is 2. The number of aromatic amines is 1. The van der Waals surface area contributed by atoms with E-state index in [1.54, 1.807) is 37.3 Å². The average molecular weight is 358 g/mol. The summed E-state index contributed by atoms with van der Waals surface area (Å²) in [6.45, 7) is 1.86. The second-order valence-electron chi connectivity index (χ2n) is 5.74. The predicted molar refractivity (Wildman–Crippen MR) is 95.6 cm³/mol. The fraction of sp³-hybridized carbons (Fsp3) is 0.111. The molecule has 0 saturated carbocycles. The molecule has 0 aliphatic rings. The number of fused-ring (bicyclic) bond motifs is 2. The summed E-state index contributed by atoms with van der Waals surface area (Å²) in [4.78, 5) is 19.2. The molecule has 2 aromatic carbocycles. The first-order valence-corrected chi connectivity index (χ1v) is 7.99. The van der Waals surface area contributed by atoms with Crippen molar-refractivity contribution in [2.45, 2.75) is 13.5 Å². The summed E-state index contributed by atoms with van der Waals surface area (Å²) in [6, 6.07) is 9.80. The lowest BCUT2D eigenvalue weighted by Crippen LogP contribution is -2.16. The number of oxazole rings is 1. The largest absolute Gasteiger partial charge is 0.441 e. The van der Waals surface area contributed by atoms with Crippen LogP contribution in [-0.4, -0.2) is 9.97 Å². The van der Waals surface area contributed by atoms with E-state index >= 15 is 0 Å². The van der Waals surface area contributed by atoms with Crippen LogP contribution in [0.1, 0.15) is 11.5 Å². The van der Waals surface area contributed by atoms with E-state index in [1.165, 1.54) is 6.07 Å². The van der Waals surface area contributed by atoms with Crippen LogP contribution in [-0.2, 0) is 6.54 Å².